The first-order valence-corrected chi connectivity index (χ1v) is 41.2. The van der Waals surface area contributed by atoms with Gasteiger partial charge in [0.05, 0.1) is 26.4 Å². The van der Waals surface area contributed by atoms with Crippen molar-refractivity contribution in [2.75, 3.05) is 39.6 Å². The molecule has 0 heterocycles. The largest absolute Gasteiger partial charge is 0.472 e. The summed E-state index contributed by atoms with van der Waals surface area (Å²) < 4.78 is 68.4. The van der Waals surface area contributed by atoms with Crippen LogP contribution in [-0.2, 0) is 65.4 Å². The van der Waals surface area contributed by atoms with E-state index in [4.69, 9.17) is 37.0 Å². The standard InChI is InChI=1S/C75H140O17P2/c1-5-9-13-17-21-25-29-32-34-37-40-43-47-51-55-59-72(77)85-65-70(91-74(79)61-57-53-49-45-39-28-24-20-16-12-8-4)67-89-93(81,82)87-63-69(76)64-88-94(83,84)90-68-71(92-75(80)62-58-54-50-46-42-36-31-27-23-19-15-11-7-3)66-86-73(78)60-56-52-48-44-41-38-35-33-30-26-22-18-14-10-6-2/h22,26,32-35,69-71,76H,5-21,23-25,27-31,36-68H2,1-4H3,(H,81,82)(H,83,84)/b26-22-,34-32-,35-33-. The number of rotatable bonds is 73. The molecule has 552 valence electrons. The summed E-state index contributed by atoms with van der Waals surface area (Å²) in [5.74, 6) is -2.16. The van der Waals surface area contributed by atoms with Gasteiger partial charge in [-0.3, -0.25) is 37.3 Å². The highest BCUT2D eigenvalue weighted by Crippen LogP contribution is 2.45. The van der Waals surface area contributed by atoms with E-state index in [1.165, 1.54) is 148 Å². The van der Waals surface area contributed by atoms with Crippen molar-refractivity contribution in [2.24, 2.45) is 0 Å². The van der Waals surface area contributed by atoms with Crippen LogP contribution in [0.3, 0.4) is 0 Å². The Morgan fingerprint density at radius 2 is 0.521 bits per heavy atom. The molecule has 19 heteroatoms. The topological polar surface area (TPSA) is 237 Å². The van der Waals surface area contributed by atoms with Crippen LogP contribution >= 0.6 is 15.6 Å². The van der Waals surface area contributed by atoms with Gasteiger partial charge in [-0.05, 0) is 83.5 Å². The van der Waals surface area contributed by atoms with E-state index in [0.717, 1.165) is 135 Å². The van der Waals surface area contributed by atoms with Crippen molar-refractivity contribution >= 4 is 39.5 Å². The Bertz CT molecular complexity index is 1930. The van der Waals surface area contributed by atoms with Crippen molar-refractivity contribution in [3.05, 3.63) is 36.5 Å². The van der Waals surface area contributed by atoms with Gasteiger partial charge in [-0.1, -0.05) is 289 Å². The lowest BCUT2D eigenvalue weighted by Crippen LogP contribution is -2.30. The average Bonchev–Trinajstić information content (AvgIpc) is 1.55. The smallest absolute Gasteiger partial charge is 0.462 e. The Balaban J connectivity index is 5.29. The number of hydrogen-bond acceptors (Lipinski definition) is 15. The summed E-state index contributed by atoms with van der Waals surface area (Å²) in [7, 11) is -9.92. The second-order valence-electron chi connectivity index (χ2n) is 26.0. The van der Waals surface area contributed by atoms with Crippen LogP contribution in [0.15, 0.2) is 36.5 Å². The van der Waals surface area contributed by atoms with Crippen LogP contribution in [0.2, 0.25) is 0 Å². The van der Waals surface area contributed by atoms with Gasteiger partial charge in [-0.15, -0.1) is 0 Å². The van der Waals surface area contributed by atoms with E-state index >= 15 is 0 Å². The predicted molar refractivity (Wildman–Crippen MR) is 381 cm³/mol. The zero-order valence-corrected chi connectivity index (χ0v) is 61.9. The maximum absolute atomic E-state index is 13.1. The molecule has 5 unspecified atom stereocenters. The summed E-state index contributed by atoms with van der Waals surface area (Å²) in [5.41, 5.74) is 0. The minimum Gasteiger partial charge on any atom is -0.462 e. The molecule has 0 bridgehead atoms. The van der Waals surface area contributed by atoms with Crippen LogP contribution in [0, 0.1) is 0 Å². The Morgan fingerprint density at radius 3 is 0.819 bits per heavy atom. The molecule has 0 aromatic heterocycles. The zero-order chi connectivity index (χ0) is 69.0. The minimum atomic E-state index is -4.96. The van der Waals surface area contributed by atoms with E-state index in [0.29, 0.717) is 25.7 Å². The van der Waals surface area contributed by atoms with E-state index in [1.54, 1.807) is 0 Å². The quantitative estimate of drug-likeness (QED) is 0.0169. The third kappa shape index (κ3) is 67.8. The number of hydrogen-bond donors (Lipinski definition) is 3. The Morgan fingerprint density at radius 1 is 0.298 bits per heavy atom. The van der Waals surface area contributed by atoms with E-state index < -0.39 is 97.5 Å². The molecule has 0 aliphatic carbocycles. The van der Waals surface area contributed by atoms with E-state index in [1.807, 2.05) is 0 Å². The van der Waals surface area contributed by atoms with Gasteiger partial charge >= 0.3 is 39.5 Å². The van der Waals surface area contributed by atoms with Crippen molar-refractivity contribution in [2.45, 2.75) is 380 Å². The van der Waals surface area contributed by atoms with Crippen molar-refractivity contribution in [1.29, 1.82) is 0 Å². The van der Waals surface area contributed by atoms with Crippen LogP contribution in [-0.4, -0.2) is 96.7 Å². The molecule has 0 aromatic carbocycles. The van der Waals surface area contributed by atoms with Crippen LogP contribution in [0.4, 0.5) is 0 Å². The van der Waals surface area contributed by atoms with E-state index in [-0.39, 0.29) is 25.7 Å². The molecule has 5 atom stereocenters. The fourth-order valence-electron chi connectivity index (χ4n) is 10.7. The second kappa shape index (κ2) is 68.8. The first kappa shape index (κ1) is 91.3. The van der Waals surface area contributed by atoms with Gasteiger partial charge in [0.15, 0.2) is 12.2 Å². The van der Waals surface area contributed by atoms with Gasteiger partial charge in [0.1, 0.15) is 19.3 Å². The molecule has 0 amide bonds. The molecule has 0 aromatic rings. The van der Waals surface area contributed by atoms with Crippen molar-refractivity contribution < 1.29 is 80.2 Å². The molecule has 94 heavy (non-hydrogen) atoms. The maximum Gasteiger partial charge on any atom is 0.472 e. The van der Waals surface area contributed by atoms with Crippen molar-refractivity contribution in [1.82, 2.24) is 0 Å². The first-order valence-electron chi connectivity index (χ1n) is 38.2. The lowest BCUT2D eigenvalue weighted by atomic mass is 10.0. The van der Waals surface area contributed by atoms with Crippen molar-refractivity contribution in [3.63, 3.8) is 0 Å². The second-order valence-corrected chi connectivity index (χ2v) is 28.9. The molecule has 0 saturated carbocycles. The lowest BCUT2D eigenvalue weighted by Gasteiger charge is -2.21. The Hall–Kier alpha value is -2.72. The van der Waals surface area contributed by atoms with Gasteiger partial charge < -0.3 is 33.8 Å². The summed E-state index contributed by atoms with van der Waals surface area (Å²) in [6.45, 7) is 4.88. The summed E-state index contributed by atoms with van der Waals surface area (Å²) >= 11 is 0. The summed E-state index contributed by atoms with van der Waals surface area (Å²) in [6, 6.07) is 0. The van der Waals surface area contributed by atoms with Gasteiger partial charge in [0, 0.05) is 25.7 Å². The number of aliphatic hydroxyl groups is 1. The van der Waals surface area contributed by atoms with Crippen LogP contribution in [0.5, 0.6) is 0 Å². The van der Waals surface area contributed by atoms with Gasteiger partial charge in [0.2, 0.25) is 0 Å². The number of allylic oxidation sites excluding steroid dienone is 6. The molecule has 0 radical (unpaired) electrons. The molecule has 3 N–H and O–H groups in total. The average molecular weight is 1380 g/mol. The highest BCUT2D eigenvalue weighted by Gasteiger charge is 2.30. The third-order valence-electron chi connectivity index (χ3n) is 16.6. The third-order valence-corrected chi connectivity index (χ3v) is 18.5. The summed E-state index contributed by atoms with van der Waals surface area (Å²) in [6.07, 6.45) is 62.7. The fraction of sp³-hybridized carbons (Fsp3) is 0.867. The first-order chi connectivity index (χ1) is 45.7. The number of phosphoric acid groups is 2. The van der Waals surface area contributed by atoms with Crippen LogP contribution in [0.1, 0.15) is 362 Å². The monoisotopic (exact) mass is 1370 g/mol. The highest BCUT2D eigenvalue weighted by atomic mass is 31.2. The maximum atomic E-state index is 13.1. The molecule has 0 aliphatic heterocycles. The van der Waals surface area contributed by atoms with Crippen molar-refractivity contribution in [3.8, 4) is 0 Å². The zero-order valence-electron chi connectivity index (χ0n) is 60.2. The number of aliphatic hydroxyl groups excluding tert-OH is 1. The van der Waals surface area contributed by atoms with Gasteiger partial charge in [-0.25, -0.2) is 9.13 Å². The van der Waals surface area contributed by atoms with Crippen LogP contribution in [0.25, 0.3) is 0 Å². The molecule has 0 spiro atoms. The number of ether oxygens (including phenoxy) is 4. The molecular formula is C75H140O17P2. The Kier molecular flexibility index (Phi) is 66.8. The normalized spacial score (nSPS) is 14.2. The minimum absolute atomic E-state index is 0.100. The van der Waals surface area contributed by atoms with E-state index in [2.05, 4.69) is 64.2 Å². The van der Waals surface area contributed by atoms with Gasteiger partial charge in [0.25, 0.3) is 0 Å². The summed E-state index contributed by atoms with van der Waals surface area (Å²) in [4.78, 5) is 72.7. The van der Waals surface area contributed by atoms with E-state index in [9.17, 15) is 43.2 Å². The molecule has 0 rings (SSSR count). The molecular weight excluding hydrogens is 1230 g/mol. The molecule has 0 aliphatic rings. The predicted octanol–water partition coefficient (Wildman–Crippen LogP) is 21.6. The number of carbonyl (C=O) groups is 4. The summed E-state index contributed by atoms with van der Waals surface area (Å²) in [5, 5.41) is 10.6. The number of esters is 4. The number of phosphoric ester groups is 2. The Labute approximate surface area is 573 Å². The number of unbranched alkanes of at least 4 members (excludes halogenated alkanes) is 41. The fourth-order valence-corrected chi connectivity index (χ4v) is 12.3. The molecule has 0 fully saturated rings. The lowest BCUT2D eigenvalue weighted by molar-refractivity contribution is -0.161. The SMILES string of the molecule is CCCCC/C=C\C/C=C\CCCCCCCC(=O)OCC(COP(=O)(O)OCC(O)COP(=O)(O)OCC(COC(=O)CCCCCCC/C=C\CCCCCCCC)OC(=O)CCCCCCCCCCCCC)OC(=O)CCCCCCCCCCCCCCC. The van der Waals surface area contributed by atoms with Gasteiger partial charge in [-0.2, -0.15) is 0 Å². The highest BCUT2D eigenvalue weighted by molar-refractivity contribution is 7.47. The van der Waals surface area contributed by atoms with Crippen LogP contribution < -0.4 is 0 Å². The number of carbonyl (C=O) groups excluding carboxylic acids is 4. The molecule has 0 saturated heterocycles. The molecule has 17 nitrogen and oxygen atoms in total.